The maximum atomic E-state index is 4.37. The molecule has 6 heteroatoms. The van der Waals surface area contributed by atoms with Crippen molar-refractivity contribution in [3.63, 3.8) is 0 Å². The number of guanidine groups is 1. The number of likely N-dealkylation sites (tertiary alicyclic amines) is 2. The van der Waals surface area contributed by atoms with E-state index in [2.05, 4.69) is 46.3 Å². The molecule has 0 unspecified atom stereocenters. The summed E-state index contributed by atoms with van der Waals surface area (Å²) in [4.78, 5) is 9.59. The molecule has 23 heavy (non-hydrogen) atoms. The number of rotatable bonds is 4. The van der Waals surface area contributed by atoms with Gasteiger partial charge in [0.15, 0.2) is 5.96 Å². The van der Waals surface area contributed by atoms with Crippen LogP contribution in [-0.2, 0) is 0 Å². The number of halogens is 1. The van der Waals surface area contributed by atoms with Crippen molar-refractivity contribution in [2.24, 2.45) is 4.99 Å². The molecule has 136 valence electrons. The van der Waals surface area contributed by atoms with Crippen LogP contribution >= 0.6 is 24.0 Å². The van der Waals surface area contributed by atoms with Gasteiger partial charge in [0, 0.05) is 25.2 Å². The number of nitrogens with one attached hydrogen (secondary N) is 2. The van der Waals surface area contributed by atoms with Gasteiger partial charge in [0.2, 0.25) is 0 Å². The molecule has 2 rings (SSSR count). The lowest BCUT2D eigenvalue weighted by Gasteiger charge is -2.50. The van der Waals surface area contributed by atoms with Crippen LogP contribution in [0.3, 0.4) is 0 Å². The molecule has 0 radical (unpaired) electrons. The van der Waals surface area contributed by atoms with E-state index in [0.717, 1.165) is 12.5 Å². The van der Waals surface area contributed by atoms with Crippen LogP contribution in [0.1, 0.15) is 46.0 Å². The highest BCUT2D eigenvalue weighted by Gasteiger charge is 2.39. The molecule has 2 aliphatic heterocycles. The highest BCUT2D eigenvalue weighted by Crippen LogP contribution is 2.30. The monoisotopic (exact) mass is 437 g/mol. The summed E-state index contributed by atoms with van der Waals surface area (Å²) in [5.41, 5.74) is 0.307. The summed E-state index contributed by atoms with van der Waals surface area (Å²) in [7, 11) is 4.10. The zero-order valence-electron chi connectivity index (χ0n) is 15.4. The van der Waals surface area contributed by atoms with E-state index in [-0.39, 0.29) is 24.0 Å². The molecule has 2 N–H and O–H groups in total. The average Bonchev–Trinajstić information content (AvgIpc) is 2.54. The molecule has 0 amide bonds. The van der Waals surface area contributed by atoms with Crippen molar-refractivity contribution in [2.45, 2.75) is 57.5 Å². The van der Waals surface area contributed by atoms with Crippen LogP contribution in [0.15, 0.2) is 4.99 Å². The number of aliphatic imine (C=N–C) groups is 1. The SMILES string of the molecule is CN=C(NCC1(N2CCCCC2)CCN(C)CC1)NC(C)C.I. The summed E-state index contributed by atoms with van der Waals surface area (Å²) in [5, 5.41) is 7.01. The third-order valence-electron chi connectivity index (χ3n) is 5.18. The minimum Gasteiger partial charge on any atom is -0.355 e. The molecule has 0 spiro atoms. The molecular weight excluding hydrogens is 401 g/mol. The number of piperidine rings is 2. The van der Waals surface area contributed by atoms with Gasteiger partial charge in [0.1, 0.15) is 0 Å². The van der Waals surface area contributed by atoms with Gasteiger partial charge in [-0.1, -0.05) is 6.42 Å². The Morgan fingerprint density at radius 3 is 2.22 bits per heavy atom. The third kappa shape index (κ3) is 6.05. The molecule has 2 heterocycles. The molecule has 0 aromatic rings. The van der Waals surface area contributed by atoms with E-state index in [1.54, 1.807) is 0 Å². The van der Waals surface area contributed by atoms with E-state index in [1.165, 1.54) is 58.3 Å². The second-order valence-corrected chi connectivity index (χ2v) is 7.30. The fourth-order valence-corrected chi connectivity index (χ4v) is 3.72. The number of hydrogen-bond acceptors (Lipinski definition) is 3. The van der Waals surface area contributed by atoms with Gasteiger partial charge < -0.3 is 15.5 Å². The lowest BCUT2D eigenvalue weighted by atomic mass is 9.84. The Hall–Kier alpha value is -0.0800. The van der Waals surface area contributed by atoms with E-state index in [9.17, 15) is 0 Å². The lowest BCUT2D eigenvalue weighted by Crippen LogP contribution is -2.62. The molecule has 0 saturated carbocycles. The lowest BCUT2D eigenvalue weighted by molar-refractivity contribution is 0.0173. The predicted molar refractivity (Wildman–Crippen MR) is 110 cm³/mol. The van der Waals surface area contributed by atoms with E-state index >= 15 is 0 Å². The van der Waals surface area contributed by atoms with Gasteiger partial charge in [-0.15, -0.1) is 24.0 Å². The molecule has 2 aliphatic rings. The van der Waals surface area contributed by atoms with E-state index < -0.39 is 0 Å². The van der Waals surface area contributed by atoms with Gasteiger partial charge in [-0.3, -0.25) is 9.89 Å². The van der Waals surface area contributed by atoms with Crippen LogP contribution in [0.5, 0.6) is 0 Å². The Kier molecular flexibility index (Phi) is 9.15. The first kappa shape index (κ1) is 21.0. The largest absolute Gasteiger partial charge is 0.355 e. The fraction of sp³-hybridized carbons (Fsp3) is 0.941. The van der Waals surface area contributed by atoms with Crippen molar-refractivity contribution in [3.8, 4) is 0 Å². The maximum Gasteiger partial charge on any atom is 0.191 e. The Labute approximate surface area is 159 Å². The van der Waals surface area contributed by atoms with Gasteiger partial charge >= 0.3 is 0 Å². The first-order valence-electron chi connectivity index (χ1n) is 8.96. The van der Waals surface area contributed by atoms with Crippen LogP contribution in [0, 0.1) is 0 Å². The highest BCUT2D eigenvalue weighted by atomic mass is 127. The second kappa shape index (κ2) is 10.0. The van der Waals surface area contributed by atoms with Gasteiger partial charge in [0.05, 0.1) is 0 Å². The molecule has 0 aromatic carbocycles. The van der Waals surface area contributed by atoms with Crippen molar-refractivity contribution in [2.75, 3.05) is 46.8 Å². The summed E-state index contributed by atoms with van der Waals surface area (Å²) in [5.74, 6) is 0.935. The molecular formula is C17H36IN5. The average molecular weight is 437 g/mol. The van der Waals surface area contributed by atoms with Crippen molar-refractivity contribution >= 4 is 29.9 Å². The Balaban J connectivity index is 0.00000264. The topological polar surface area (TPSA) is 42.9 Å². The smallest absolute Gasteiger partial charge is 0.191 e. The summed E-state index contributed by atoms with van der Waals surface area (Å²) < 4.78 is 0. The number of nitrogens with zero attached hydrogens (tertiary/aromatic N) is 3. The highest BCUT2D eigenvalue weighted by molar-refractivity contribution is 14.0. The van der Waals surface area contributed by atoms with Crippen LogP contribution in [-0.4, -0.2) is 74.2 Å². The summed E-state index contributed by atoms with van der Waals surface area (Å²) >= 11 is 0. The zero-order valence-corrected chi connectivity index (χ0v) is 17.7. The van der Waals surface area contributed by atoms with E-state index in [1.807, 2.05) is 7.05 Å². The molecule has 5 nitrogen and oxygen atoms in total. The predicted octanol–water partition coefficient (Wildman–Crippen LogP) is 2.13. The summed E-state index contributed by atoms with van der Waals surface area (Å²) in [6.45, 7) is 10.3. The van der Waals surface area contributed by atoms with E-state index in [4.69, 9.17) is 0 Å². The van der Waals surface area contributed by atoms with Gasteiger partial charge in [-0.05, 0) is 72.8 Å². The van der Waals surface area contributed by atoms with Crippen LogP contribution in [0.2, 0.25) is 0 Å². The summed E-state index contributed by atoms with van der Waals surface area (Å²) in [6.07, 6.45) is 6.63. The van der Waals surface area contributed by atoms with Crippen molar-refractivity contribution in [1.29, 1.82) is 0 Å². The van der Waals surface area contributed by atoms with Crippen LogP contribution in [0.4, 0.5) is 0 Å². The van der Waals surface area contributed by atoms with Crippen molar-refractivity contribution in [1.82, 2.24) is 20.4 Å². The first-order chi connectivity index (χ1) is 10.6. The van der Waals surface area contributed by atoms with Crippen molar-refractivity contribution in [3.05, 3.63) is 0 Å². The molecule has 0 bridgehead atoms. The minimum atomic E-state index is 0. The van der Waals surface area contributed by atoms with Gasteiger partial charge in [-0.25, -0.2) is 0 Å². The maximum absolute atomic E-state index is 4.37. The minimum absolute atomic E-state index is 0. The van der Waals surface area contributed by atoms with E-state index in [0.29, 0.717) is 11.6 Å². The zero-order chi connectivity index (χ0) is 16.0. The van der Waals surface area contributed by atoms with Crippen LogP contribution < -0.4 is 10.6 Å². The van der Waals surface area contributed by atoms with Gasteiger partial charge in [0.25, 0.3) is 0 Å². The quantitative estimate of drug-likeness (QED) is 0.402. The molecule has 2 fully saturated rings. The first-order valence-corrected chi connectivity index (χ1v) is 8.96. The Morgan fingerprint density at radius 1 is 1.09 bits per heavy atom. The Bertz CT molecular complexity index is 358. The third-order valence-corrected chi connectivity index (χ3v) is 5.18. The normalized spacial score (nSPS) is 23.4. The van der Waals surface area contributed by atoms with Gasteiger partial charge in [-0.2, -0.15) is 0 Å². The second-order valence-electron chi connectivity index (χ2n) is 7.30. The standard InChI is InChI=1S/C17H35N5.HI/c1-15(2)20-16(18-3)19-14-17(8-12-21(4)13-9-17)22-10-6-5-7-11-22;/h15H,5-14H2,1-4H3,(H2,18,19,20);1H. The summed E-state index contributed by atoms with van der Waals surface area (Å²) in [6, 6.07) is 0.412. The Morgan fingerprint density at radius 2 is 1.70 bits per heavy atom. The fourth-order valence-electron chi connectivity index (χ4n) is 3.72. The molecule has 0 aliphatic carbocycles. The molecule has 2 saturated heterocycles. The van der Waals surface area contributed by atoms with Crippen molar-refractivity contribution < 1.29 is 0 Å². The molecule has 0 aromatic heterocycles. The van der Waals surface area contributed by atoms with Crippen LogP contribution in [0.25, 0.3) is 0 Å². The molecule has 0 atom stereocenters. The number of hydrogen-bond donors (Lipinski definition) is 2.